The maximum Gasteiger partial charge on any atom is 0.328 e. The van der Waals surface area contributed by atoms with Gasteiger partial charge in [0.1, 0.15) is 0 Å². The van der Waals surface area contributed by atoms with Crippen LogP contribution in [0.25, 0.3) is 6.08 Å². The van der Waals surface area contributed by atoms with E-state index < -0.39 is 5.97 Å². The van der Waals surface area contributed by atoms with Gasteiger partial charge in [0.15, 0.2) is 0 Å². The summed E-state index contributed by atoms with van der Waals surface area (Å²) in [5.41, 5.74) is 7.26. The molecule has 0 aliphatic carbocycles. The van der Waals surface area contributed by atoms with Crippen LogP contribution in [-0.2, 0) is 16.1 Å². The van der Waals surface area contributed by atoms with Crippen LogP contribution in [0.4, 0.5) is 0 Å². The highest BCUT2D eigenvalue weighted by Gasteiger charge is 2.28. The summed E-state index contributed by atoms with van der Waals surface area (Å²) in [6, 6.07) is 7.36. The molecule has 1 unspecified atom stereocenters. The van der Waals surface area contributed by atoms with Crippen LogP contribution in [0.15, 0.2) is 30.3 Å². The lowest BCUT2D eigenvalue weighted by atomic mass is 10.1. The van der Waals surface area contributed by atoms with Crippen LogP contribution >= 0.6 is 0 Å². The second-order valence-corrected chi connectivity index (χ2v) is 4.90. The molecule has 0 radical (unpaired) electrons. The van der Waals surface area contributed by atoms with Crippen molar-refractivity contribution < 1.29 is 14.7 Å². The van der Waals surface area contributed by atoms with Gasteiger partial charge in [0.2, 0.25) is 5.91 Å². The third-order valence-electron chi connectivity index (χ3n) is 3.53. The maximum absolute atomic E-state index is 11.4. The number of carbonyl (C=O) groups is 2. The zero-order chi connectivity index (χ0) is 14.5. The maximum atomic E-state index is 11.4. The topological polar surface area (TPSA) is 83.6 Å². The van der Waals surface area contributed by atoms with Crippen LogP contribution in [0.2, 0.25) is 0 Å². The minimum Gasteiger partial charge on any atom is -0.478 e. The molecule has 1 atom stereocenters. The molecule has 1 amide bonds. The molecule has 1 aromatic carbocycles. The number of rotatable bonds is 5. The molecule has 1 aliphatic heterocycles. The van der Waals surface area contributed by atoms with E-state index in [1.54, 1.807) is 6.08 Å². The fraction of sp³-hybridized carbons (Fsp3) is 0.333. The average molecular weight is 274 g/mol. The first-order valence-corrected chi connectivity index (χ1v) is 6.60. The molecule has 1 heterocycles. The van der Waals surface area contributed by atoms with Crippen molar-refractivity contribution in [1.29, 1.82) is 0 Å². The first-order chi connectivity index (χ1) is 9.58. The lowest BCUT2D eigenvalue weighted by Gasteiger charge is -2.22. The standard InChI is InChI=1S/C15H18N2O3/c16-15(20)13-6-3-9-17(13)10-12-5-2-1-4-11(12)7-8-14(18)19/h1-2,4-5,7-8,13H,3,6,9-10H2,(H2,16,20)(H,18,19). The molecule has 5 heteroatoms. The molecule has 1 fully saturated rings. The number of carbonyl (C=O) groups excluding carboxylic acids is 1. The van der Waals surface area contributed by atoms with Gasteiger partial charge in [-0.2, -0.15) is 0 Å². The van der Waals surface area contributed by atoms with E-state index in [4.69, 9.17) is 10.8 Å². The monoisotopic (exact) mass is 274 g/mol. The molecule has 0 bridgehead atoms. The van der Waals surface area contributed by atoms with Crippen molar-refractivity contribution in [1.82, 2.24) is 4.90 Å². The Balaban J connectivity index is 2.17. The van der Waals surface area contributed by atoms with E-state index in [0.717, 1.165) is 36.6 Å². The van der Waals surface area contributed by atoms with Crippen molar-refractivity contribution in [2.24, 2.45) is 5.73 Å². The molecule has 1 aliphatic rings. The van der Waals surface area contributed by atoms with Gasteiger partial charge in [-0.05, 0) is 36.6 Å². The second kappa shape index (κ2) is 6.34. The van der Waals surface area contributed by atoms with Gasteiger partial charge in [-0.1, -0.05) is 24.3 Å². The van der Waals surface area contributed by atoms with Gasteiger partial charge in [-0.25, -0.2) is 4.79 Å². The Morgan fingerprint density at radius 2 is 2.15 bits per heavy atom. The first kappa shape index (κ1) is 14.3. The molecular weight excluding hydrogens is 256 g/mol. The highest BCUT2D eigenvalue weighted by Crippen LogP contribution is 2.22. The minimum absolute atomic E-state index is 0.216. The number of nitrogens with two attached hydrogens (primary N) is 1. The van der Waals surface area contributed by atoms with Crippen molar-refractivity contribution in [3.63, 3.8) is 0 Å². The fourth-order valence-corrected chi connectivity index (χ4v) is 2.56. The van der Waals surface area contributed by atoms with E-state index in [9.17, 15) is 9.59 Å². The number of carboxylic acids is 1. The van der Waals surface area contributed by atoms with Crippen molar-refractivity contribution in [2.45, 2.75) is 25.4 Å². The normalized spacial score (nSPS) is 19.5. The predicted octanol–water partition coefficient (Wildman–Crippen LogP) is 1.23. The van der Waals surface area contributed by atoms with Gasteiger partial charge in [0, 0.05) is 12.6 Å². The van der Waals surface area contributed by atoms with Gasteiger partial charge in [-0.3, -0.25) is 9.69 Å². The second-order valence-electron chi connectivity index (χ2n) is 4.90. The summed E-state index contributed by atoms with van der Waals surface area (Å²) in [6.45, 7) is 1.44. The van der Waals surface area contributed by atoms with Crippen molar-refractivity contribution in [3.8, 4) is 0 Å². The Bertz CT molecular complexity index is 540. The number of amides is 1. The number of primary amides is 1. The largest absolute Gasteiger partial charge is 0.478 e. The Kier molecular flexibility index (Phi) is 4.53. The summed E-state index contributed by atoms with van der Waals surface area (Å²) in [4.78, 5) is 24.1. The number of aliphatic carboxylic acids is 1. The van der Waals surface area contributed by atoms with Crippen LogP contribution in [0.5, 0.6) is 0 Å². The van der Waals surface area contributed by atoms with Crippen molar-refractivity contribution in [2.75, 3.05) is 6.54 Å². The van der Waals surface area contributed by atoms with Gasteiger partial charge in [0.25, 0.3) is 0 Å². The summed E-state index contributed by atoms with van der Waals surface area (Å²) in [5, 5.41) is 8.71. The highest BCUT2D eigenvalue weighted by molar-refractivity contribution is 5.85. The Labute approximate surface area is 117 Å². The molecule has 1 saturated heterocycles. The fourth-order valence-electron chi connectivity index (χ4n) is 2.56. The number of carboxylic acid groups (broad SMARTS) is 1. The number of hydrogen-bond acceptors (Lipinski definition) is 3. The summed E-state index contributed by atoms with van der Waals surface area (Å²) in [5.74, 6) is -1.27. The molecule has 106 valence electrons. The third-order valence-corrected chi connectivity index (χ3v) is 3.53. The molecule has 3 N–H and O–H groups in total. The molecule has 20 heavy (non-hydrogen) atoms. The average Bonchev–Trinajstić information content (AvgIpc) is 2.86. The van der Waals surface area contributed by atoms with Gasteiger partial charge in [0.05, 0.1) is 6.04 Å². The Morgan fingerprint density at radius 3 is 2.85 bits per heavy atom. The predicted molar refractivity (Wildman–Crippen MR) is 75.7 cm³/mol. The molecule has 5 nitrogen and oxygen atoms in total. The zero-order valence-corrected chi connectivity index (χ0v) is 11.2. The van der Waals surface area contributed by atoms with Crippen LogP contribution in [0.3, 0.4) is 0 Å². The summed E-state index contributed by atoms with van der Waals surface area (Å²) in [6.07, 6.45) is 4.45. The quantitative estimate of drug-likeness (QED) is 0.791. The van der Waals surface area contributed by atoms with Crippen molar-refractivity contribution in [3.05, 3.63) is 41.5 Å². The molecular formula is C15H18N2O3. The van der Waals surface area contributed by atoms with E-state index in [2.05, 4.69) is 4.90 Å². The van der Waals surface area contributed by atoms with Crippen LogP contribution in [-0.4, -0.2) is 34.5 Å². The summed E-state index contributed by atoms with van der Waals surface area (Å²) < 4.78 is 0. The zero-order valence-electron chi connectivity index (χ0n) is 11.2. The van der Waals surface area contributed by atoms with E-state index >= 15 is 0 Å². The van der Waals surface area contributed by atoms with E-state index in [0.29, 0.717) is 6.54 Å². The number of benzene rings is 1. The SMILES string of the molecule is NC(=O)C1CCCN1Cc1ccccc1C=CC(=O)O. The van der Waals surface area contributed by atoms with Crippen LogP contribution in [0.1, 0.15) is 24.0 Å². The molecule has 2 rings (SSSR count). The Morgan fingerprint density at radius 1 is 1.40 bits per heavy atom. The third kappa shape index (κ3) is 3.45. The highest BCUT2D eigenvalue weighted by atomic mass is 16.4. The molecule has 0 spiro atoms. The van der Waals surface area contributed by atoms with Crippen LogP contribution in [0, 0.1) is 0 Å². The number of nitrogens with zero attached hydrogens (tertiary/aromatic N) is 1. The van der Waals surface area contributed by atoms with Crippen molar-refractivity contribution >= 4 is 18.0 Å². The Hall–Kier alpha value is -2.14. The molecule has 0 aromatic heterocycles. The summed E-state index contributed by atoms with van der Waals surface area (Å²) in [7, 11) is 0. The molecule has 1 aromatic rings. The first-order valence-electron chi connectivity index (χ1n) is 6.60. The van der Waals surface area contributed by atoms with Crippen LogP contribution < -0.4 is 5.73 Å². The molecule has 0 saturated carbocycles. The van der Waals surface area contributed by atoms with Gasteiger partial charge in [-0.15, -0.1) is 0 Å². The van der Waals surface area contributed by atoms with E-state index in [-0.39, 0.29) is 11.9 Å². The van der Waals surface area contributed by atoms with Gasteiger partial charge < -0.3 is 10.8 Å². The lowest BCUT2D eigenvalue weighted by Crippen LogP contribution is -2.39. The smallest absolute Gasteiger partial charge is 0.328 e. The van der Waals surface area contributed by atoms with E-state index in [1.807, 2.05) is 24.3 Å². The number of hydrogen-bond donors (Lipinski definition) is 2. The number of likely N-dealkylation sites (tertiary alicyclic amines) is 1. The van der Waals surface area contributed by atoms with E-state index in [1.165, 1.54) is 0 Å². The van der Waals surface area contributed by atoms with Gasteiger partial charge >= 0.3 is 5.97 Å². The minimum atomic E-state index is -0.976. The lowest BCUT2D eigenvalue weighted by molar-refractivity contribution is -0.131. The summed E-state index contributed by atoms with van der Waals surface area (Å²) >= 11 is 0.